The molecule has 0 radical (unpaired) electrons. The Labute approximate surface area is 102 Å². The molecule has 2 heterocycles. The highest BCUT2D eigenvalue weighted by molar-refractivity contribution is 4.99. The molecule has 0 aliphatic carbocycles. The Morgan fingerprint density at radius 1 is 0.625 bits per heavy atom. The Hall–Kier alpha value is -0.0400. The average Bonchev–Trinajstić information content (AvgIpc) is 2.20. The summed E-state index contributed by atoms with van der Waals surface area (Å²) >= 11 is 0. The summed E-state index contributed by atoms with van der Waals surface area (Å²) in [4.78, 5) is 2.86. The molecule has 2 saturated heterocycles. The van der Waals surface area contributed by atoms with Gasteiger partial charge in [-0.05, 0) is 50.4 Å². The lowest BCUT2D eigenvalue weighted by Crippen LogP contribution is -2.62. The summed E-state index contributed by atoms with van der Waals surface area (Å²) in [7, 11) is 0. The second-order valence-electron chi connectivity index (χ2n) is 6.80. The van der Waals surface area contributed by atoms with Crippen LogP contribution in [0, 0.1) is 23.7 Å². The van der Waals surface area contributed by atoms with Crippen molar-refractivity contribution in [2.45, 2.75) is 72.5 Å². The number of hydrogen-bond acceptors (Lipinski definition) is 1. The van der Waals surface area contributed by atoms with Crippen LogP contribution in [0.2, 0.25) is 0 Å². The third-order valence-electron chi connectivity index (χ3n) is 5.59. The van der Waals surface area contributed by atoms with E-state index < -0.39 is 0 Å². The van der Waals surface area contributed by atoms with Gasteiger partial charge in [0.1, 0.15) is 0 Å². The van der Waals surface area contributed by atoms with Crippen LogP contribution in [0.3, 0.4) is 0 Å². The van der Waals surface area contributed by atoms with Crippen LogP contribution < -0.4 is 0 Å². The van der Waals surface area contributed by atoms with E-state index in [1.54, 1.807) is 0 Å². The first kappa shape index (κ1) is 12.4. The van der Waals surface area contributed by atoms with Gasteiger partial charge in [-0.1, -0.05) is 27.7 Å². The average molecular weight is 223 g/mol. The zero-order valence-corrected chi connectivity index (χ0v) is 11.9. The van der Waals surface area contributed by atoms with Crippen molar-refractivity contribution in [2.24, 2.45) is 23.7 Å². The molecule has 0 aromatic carbocycles. The van der Waals surface area contributed by atoms with Crippen LogP contribution in [-0.2, 0) is 0 Å². The van der Waals surface area contributed by atoms with Crippen LogP contribution in [0.4, 0.5) is 0 Å². The maximum Gasteiger partial charge on any atom is 0.0153 e. The lowest BCUT2D eigenvalue weighted by atomic mass is 9.69. The lowest BCUT2D eigenvalue weighted by molar-refractivity contribution is -0.0824. The van der Waals surface area contributed by atoms with Crippen molar-refractivity contribution in [1.82, 2.24) is 4.90 Å². The predicted octanol–water partition coefficient (Wildman–Crippen LogP) is 3.79. The van der Waals surface area contributed by atoms with Gasteiger partial charge in [0, 0.05) is 18.1 Å². The second-order valence-corrected chi connectivity index (χ2v) is 6.80. The number of hydrogen-bond donors (Lipinski definition) is 0. The van der Waals surface area contributed by atoms with Gasteiger partial charge in [-0.3, -0.25) is 4.90 Å². The molecule has 1 heteroatoms. The smallest absolute Gasteiger partial charge is 0.0153 e. The van der Waals surface area contributed by atoms with Gasteiger partial charge in [-0.25, -0.2) is 0 Å². The van der Waals surface area contributed by atoms with E-state index in [9.17, 15) is 0 Å². The molecular formula is C15H29N. The first-order valence-corrected chi connectivity index (χ1v) is 7.21. The molecule has 0 aromatic rings. The Morgan fingerprint density at radius 2 is 1.00 bits per heavy atom. The molecule has 16 heavy (non-hydrogen) atoms. The minimum atomic E-state index is 0.779. The van der Waals surface area contributed by atoms with Crippen LogP contribution >= 0.6 is 0 Å². The third kappa shape index (κ3) is 1.81. The summed E-state index contributed by atoms with van der Waals surface area (Å²) in [6.45, 7) is 14.7. The molecule has 7 atom stereocenters. The molecule has 0 spiro atoms. The van der Waals surface area contributed by atoms with Crippen molar-refractivity contribution >= 4 is 0 Å². The molecule has 0 N–H and O–H groups in total. The third-order valence-corrected chi connectivity index (χ3v) is 5.59. The highest BCUT2D eigenvalue weighted by Gasteiger charge is 2.46. The quantitative estimate of drug-likeness (QED) is 0.604. The van der Waals surface area contributed by atoms with Crippen molar-refractivity contribution in [3.05, 3.63) is 0 Å². The van der Waals surface area contributed by atoms with E-state index in [0.717, 1.165) is 41.8 Å². The normalized spacial score (nSPS) is 54.8. The van der Waals surface area contributed by atoms with Crippen molar-refractivity contribution in [1.29, 1.82) is 0 Å². The number of piperidine rings is 2. The summed E-state index contributed by atoms with van der Waals surface area (Å²) in [5.41, 5.74) is 0. The second kappa shape index (κ2) is 4.33. The Kier molecular flexibility index (Phi) is 3.36. The fraction of sp³-hybridized carbons (Fsp3) is 1.00. The highest BCUT2D eigenvalue weighted by Crippen LogP contribution is 2.43. The van der Waals surface area contributed by atoms with E-state index in [1.165, 1.54) is 12.8 Å². The minimum Gasteiger partial charge on any atom is -0.294 e. The molecule has 0 amide bonds. The van der Waals surface area contributed by atoms with Gasteiger partial charge in [0.25, 0.3) is 0 Å². The summed E-state index contributed by atoms with van der Waals surface area (Å²) in [5, 5.41) is 0. The molecule has 2 aliphatic heterocycles. The van der Waals surface area contributed by atoms with E-state index in [4.69, 9.17) is 0 Å². The minimum absolute atomic E-state index is 0.779. The lowest BCUT2D eigenvalue weighted by Gasteiger charge is -2.57. The predicted molar refractivity (Wildman–Crippen MR) is 70.4 cm³/mol. The molecular weight excluding hydrogens is 194 g/mol. The van der Waals surface area contributed by atoms with Crippen LogP contribution in [-0.4, -0.2) is 23.0 Å². The first-order chi connectivity index (χ1) is 7.43. The summed E-state index contributed by atoms with van der Waals surface area (Å²) in [5.74, 6) is 3.50. The van der Waals surface area contributed by atoms with Crippen molar-refractivity contribution in [3.8, 4) is 0 Å². The van der Waals surface area contributed by atoms with Gasteiger partial charge in [-0.2, -0.15) is 0 Å². The van der Waals surface area contributed by atoms with Crippen LogP contribution in [0.25, 0.3) is 0 Å². The Balaban J connectivity index is 2.26. The molecule has 0 bridgehead atoms. The van der Waals surface area contributed by atoms with E-state index in [0.29, 0.717) is 0 Å². The van der Waals surface area contributed by atoms with Gasteiger partial charge in [0.05, 0.1) is 0 Å². The molecule has 94 valence electrons. The molecule has 0 saturated carbocycles. The van der Waals surface area contributed by atoms with Gasteiger partial charge < -0.3 is 0 Å². The summed E-state index contributed by atoms with van der Waals surface area (Å²) in [6, 6.07) is 2.40. The van der Waals surface area contributed by atoms with E-state index in [1.807, 2.05) is 0 Å². The standard InChI is InChI=1S/C15H29N/c1-9-7-11(3)15-12(4)8-10(2)14(6)16(15)13(9)5/h9-15H,7-8H2,1-6H3/t9-,10+,11+,12-,13-,14+,15?. The van der Waals surface area contributed by atoms with Crippen molar-refractivity contribution in [3.63, 3.8) is 0 Å². The maximum absolute atomic E-state index is 2.86. The summed E-state index contributed by atoms with van der Waals surface area (Å²) < 4.78 is 0. The number of fused-ring (bicyclic) bond motifs is 1. The largest absolute Gasteiger partial charge is 0.294 e. The first-order valence-electron chi connectivity index (χ1n) is 7.21. The SMILES string of the molecule is C[C@@H]1C[C@H](C)[C@H](C)N2C1[C@@H](C)C[C@@H](C)[C@H]2C. The topological polar surface area (TPSA) is 3.24 Å². The molecule has 2 rings (SSSR count). The van der Waals surface area contributed by atoms with E-state index in [2.05, 4.69) is 46.4 Å². The van der Waals surface area contributed by atoms with Gasteiger partial charge in [0.2, 0.25) is 0 Å². The van der Waals surface area contributed by atoms with Gasteiger partial charge >= 0.3 is 0 Å². The molecule has 2 aliphatic rings. The molecule has 2 fully saturated rings. The molecule has 1 unspecified atom stereocenters. The highest BCUT2D eigenvalue weighted by atomic mass is 15.2. The molecule has 1 nitrogen and oxygen atoms in total. The van der Waals surface area contributed by atoms with E-state index >= 15 is 0 Å². The van der Waals surface area contributed by atoms with Crippen molar-refractivity contribution in [2.75, 3.05) is 0 Å². The maximum atomic E-state index is 2.86. The fourth-order valence-electron chi connectivity index (χ4n) is 4.50. The van der Waals surface area contributed by atoms with Crippen molar-refractivity contribution < 1.29 is 0 Å². The number of nitrogens with zero attached hydrogens (tertiary/aromatic N) is 1. The van der Waals surface area contributed by atoms with Gasteiger partial charge in [0.15, 0.2) is 0 Å². The van der Waals surface area contributed by atoms with Crippen LogP contribution in [0.1, 0.15) is 54.4 Å². The zero-order valence-electron chi connectivity index (χ0n) is 11.9. The van der Waals surface area contributed by atoms with Crippen LogP contribution in [0.15, 0.2) is 0 Å². The molecule has 0 aromatic heterocycles. The van der Waals surface area contributed by atoms with Crippen LogP contribution in [0.5, 0.6) is 0 Å². The van der Waals surface area contributed by atoms with E-state index in [-0.39, 0.29) is 0 Å². The Bertz CT molecular complexity index is 226. The number of rotatable bonds is 0. The monoisotopic (exact) mass is 223 g/mol. The summed E-state index contributed by atoms with van der Waals surface area (Å²) in [6.07, 6.45) is 2.85. The Morgan fingerprint density at radius 3 is 1.38 bits per heavy atom. The van der Waals surface area contributed by atoms with Gasteiger partial charge in [-0.15, -0.1) is 0 Å². The fourth-order valence-corrected chi connectivity index (χ4v) is 4.50. The zero-order chi connectivity index (χ0) is 12.0.